The van der Waals surface area contributed by atoms with Crippen molar-refractivity contribution >= 4 is 34.0 Å². The number of aliphatic imine (C=N–C) groups is 1. The molecule has 0 radical (unpaired) electrons. The van der Waals surface area contributed by atoms with Crippen molar-refractivity contribution in [1.29, 1.82) is 0 Å². The molecule has 2 rings (SSSR count). The standard InChI is InChI=1S/C13H14FN5O2S/c1-6(20)17-7-3-4-9(21-2)11(14)10(7)8-5-22-13(18-8)19-12(15)16/h3-5H,1-2H3,(H,17,20)(H4,15,16,18,19). The van der Waals surface area contributed by atoms with Gasteiger partial charge in [-0.3, -0.25) is 4.79 Å². The number of methoxy groups -OCH3 is 1. The molecule has 0 aliphatic carbocycles. The number of hydrogen-bond acceptors (Lipinski definition) is 5. The molecule has 2 aromatic rings. The molecule has 0 saturated heterocycles. The van der Waals surface area contributed by atoms with Crippen LogP contribution in [-0.2, 0) is 4.79 Å². The Labute approximate surface area is 129 Å². The van der Waals surface area contributed by atoms with Gasteiger partial charge in [-0.25, -0.2) is 9.37 Å². The number of rotatable bonds is 4. The number of carbonyl (C=O) groups is 1. The van der Waals surface area contributed by atoms with E-state index in [0.717, 1.165) is 11.3 Å². The van der Waals surface area contributed by atoms with Crippen molar-refractivity contribution in [3.8, 4) is 17.0 Å². The lowest BCUT2D eigenvalue weighted by Gasteiger charge is -2.12. The first-order chi connectivity index (χ1) is 10.4. The van der Waals surface area contributed by atoms with E-state index in [1.807, 2.05) is 0 Å². The maximum Gasteiger partial charge on any atom is 0.221 e. The number of carbonyl (C=O) groups excluding carboxylic acids is 1. The quantitative estimate of drug-likeness (QED) is 0.586. The molecule has 0 atom stereocenters. The summed E-state index contributed by atoms with van der Waals surface area (Å²) >= 11 is 1.14. The number of nitrogens with one attached hydrogen (secondary N) is 1. The summed E-state index contributed by atoms with van der Waals surface area (Å²) in [5.41, 5.74) is 11.3. The van der Waals surface area contributed by atoms with Gasteiger partial charge < -0.3 is 21.5 Å². The van der Waals surface area contributed by atoms with Crippen molar-refractivity contribution in [2.45, 2.75) is 6.92 Å². The van der Waals surface area contributed by atoms with E-state index in [0.29, 0.717) is 5.69 Å². The van der Waals surface area contributed by atoms with Gasteiger partial charge in [0.25, 0.3) is 0 Å². The van der Waals surface area contributed by atoms with Gasteiger partial charge in [0.15, 0.2) is 17.5 Å². The molecule has 1 aromatic carbocycles. The van der Waals surface area contributed by atoms with Crippen LogP contribution in [0.15, 0.2) is 22.5 Å². The second-order valence-electron chi connectivity index (χ2n) is 4.24. The number of benzene rings is 1. The third-order valence-electron chi connectivity index (χ3n) is 2.61. The second kappa shape index (κ2) is 6.39. The summed E-state index contributed by atoms with van der Waals surface area (Å²) in [7, 11) is 1.35. The van der Waals surface area contributed by atoms with E-state index in [9.17, 15) is 9.18 Å². The Morgan fingerprint density at radius 3 is 2.77 bits per heavy atom. The molecular formula is C13H14FN5O2S. The summed E-state index contributed by atoms with van der Waals surface area (Å²) in [6.45, 7) is 1.33. The zero-order chi connectivity index (χ0) is 16.3. The van der Waals surface area contributed by atoms with Crippen LogP contribution in [-0.4, -0.2) is 24.0 Å². The van der Waals surface area contributed by atoms with Crippen LogP contribution in [0.5, 0.6) is 5.75 Å². The minimum Gasteiger partial charge on any atom is -0.494 e. The van der Waals surface area contributed by atoms with Crippen molar-refractivity contribution in [3.63, 3.8) is 0 Å². The molecule has 0 unspecified atom stereocenters. The fourth-order valence-electron chi connectivity index (χ4n) is 1.80. The van der Waals surface area contributed by atoms with E-state index in [2.05, 4.69) is 15.3 Å². The highest BCUT2D eigenvalue weighted by Crippen LogP contribution is 2.37. The van der Waals surface area contributed by atoms with E-state index in [1.54, 1.807) is 5.38 Å². The molecule has 0 saturated carbocycles. The van der Waals surface area contributed by atoms with Crippen molar-refractivity contribution in [1.82, 2.24) is 4.98 Å². The smallest absolute Gasteiger partial charge is 0.221 e. The van der Waals surface area contributed by atoms with E-state index < -0.39 is 5.82 Å². The Morgan fingerprint density at radius 1 is 1.45 bits per heavy atom. The zero-order valence-corrected chi connectivity index (χ0v) is 12.7. The van der Waals surface area contributed by atoms with Crippen LogP contribution in [0, 0.1) is 5.82 Å². The first kappa shape index (κ1) is 15.7. The average Bonchev–Trinajstić information content (AvgIpc) is 2.85. The number of thiazole rings is 1. The number of nitrogens with zero attached hydrogens (tertiary/aromatic N) is 2. The minimum atomic E-state index is -0.629. The molecule has 1 heterocycles. The predicted octanol–water partition coefficient (Wildman–Crippen LogP) is 1.82. The Bertz CT molecular complexity index is 740. The molecule has 0 aliphatic rings. The van der Waals surface area contributed by atoms with Gasteiger partial charge >= 0.3 is 0 Å². The van der Waals surface area contributed by atoms with Gasteiger partial charge in [0.1, 0.15) is 0 Å². The van der Waals surface area contributed by atoms with E-state index in [4.69, 9.17) is 16.2 Å². The number of guanidine groups is 1. The van der Waals surface area contributed by atoms with Crippen molar-refractivity contribution in [2.75, 3.05) is 12.4 Å². The van der Waals surface area contributed by atoms with Crippen molar-refractivity contribution in [2.24, 2.45) is 16.5 Å². The Hall–Kier alpha value is -2.68. The van der Waals surface area contributed by atoms with Gasteiger partial charge in [-0.15, -0.1) is 11.3 Å². The minimum absolute atomic E-state index is 0.0421. The van der Waals surface area contributed by atoms with Gasteiger partial charge in [0.05, 0.1) is 24.1 Å². The fourth-order valence-corrected chi connectivity index (χ4v) is 2.50. The average molecular weight is 323 g/mol. The summed E-state index contributed by atoms with van der Waals surface area (Å²) < 4.78 is 19.5. The van der Waals surface area contributed by atoms with E-state index >= 15 is 0 Å². The van der Waals surface area contributed by atoms with Crippen molar-refractivity contribution < 1.29 is 13.9 Å². The highest BCUT2D eigenvalue weighted by Gasteiger charge is 2.19. The SMILES string of the molecule is COc1ccc(NC(C)=O)c(-c2csc(N=C(N)N)n2)c1F. The number of amides is 1. The second-order valence-corrected chi connectivity index (χ2v) is 5.07. The van der Waals surface area contributed by atoms with Crippen LogP contribution in [0.4, 0.5) is 15.2 Å². The predicted molar refractivity (Wildman–Crippen MR) is 83.8 cm³/mol. The molecule has 0 fully saturated rings. The van der Waals surface area contributed by atoms with Gasteiger partial charge in [-0.2, -0.15) is 4.99 Å². The molecule has 0 aliphatic heterocycles. The van der Waals surface area contributed by atoms with Gasteiger partial charge in [0, 0.05) is 12.3 Å². The lowest BCUT2D eigenvalue weighted by Crippen LogP contribution is -2.21. The van der Waals surface area contributed by atoms with Crippen molar-refractivity contribution in [3.05, 3.63) is 23.3 Å². The highest BCUT2D eigenvalue weighted by atomic mass is 32.1. The first-order valence-electron chi connectivity index (χ1n) is 6.12. The number of halogens is 1. The first-order valence-corrected chi connectivity index (χ1v) is 7.00. The maximum atomic E-state index is 14.5. The molecule has 0 bridgehead atoms. The number of ether oxygens (including phenoxy) is 1. The summed E-state index contributed by atoms with van der Waals surface area (Å²) in [5.74, 6) is -1.06. The summed E-state index contributed by atoms with van der Waals surface area (Å²) in [6.07, 6.45) is 0. The van der Waals surface area contributed by atoms with Crippen LogP contribution in [0.3, 0.4) is 0 Å². The normalized spacial score (nSPS) is 10.1. The van der Waals surface area contributed by atoms with Crippen LogP contribution >= 0.6 is 11.3 Å². The molecular weight excluding hydrogens is 309 g/mol. The fraction of sp³-hybridized carbons (Fsp3) is 0.154. The van der Waals surface area contributed by atoms with Crippen LogP contribution in [0.2, 0.25) is 0 Å². The lowest BCUT2D eigenvalue weighted by atomic mass is 10.1. The summed E-state index contributed by atoms with van der Waals surface area (Å²) in [5, 5.41) is 4.43. The molecule has 22 heavy (non-hydrogen) atoms. The lowest BCUT2D eigenvalue weighted by molar-refractivity contribution is -0.114. The van der Waals surface area contributed by atoms with E-state index in [-0.39, 0.29) is 34.0 Å². The third-order valence-corrected chi connectivity index (χ3v) is 3.34. The van der Waals surface area contributed by atoms with Crippen LogP contribution in [0.1, 0.15) is 6.92 Å². The molecule has 0 spiro atoms. The third kappa shape index (κ3) is 3.31. The van der Waals surface area contributed by atoms with Gasteiger partial charge in [-0.05, 0) is 12.1 Å². The number of aromatic nitrogens is 1. The van der Waals surface area contributed by atoms with Crippen LogP contribution < -0.4 is 21.5 Å². The molecule has 9 heteroatoms. The van der Waals surface area contributed by atoms with Gasteiger partial charge in [0.2, 0.25) is 11.0 Å². The molecule has 116 valence electrons. The Morgan fingerprint density at radius 2 is 2.18 bits per heavy atom. The number of anilines is 1. The Kier molecular flexibility index (Phi) is 4.56. The number of nitrogens with two attached hydrogens (primary N) is 2. The molecule has 7 nitrogen and oxygen atoms in total. The monoisotopic (exact) mass is 323 g/mol. The van der Waals surface area contributed by atoms with Crippen LogP contribution in [0.25, 0.3) is 11.3 Å². The summed E-state index contributed by atoms with van der Waals surface area (Å²) in [6, 6.07) is 2.96. The molecule has 1 amide bonds. The largest absolute Gasteiger partial charge is 0.494 e. The summed E-state index contributed by atoms with van der Waals surface area (Å²) in [4.78, 5) is 19.2. The maximum absolute atomic E-state index is 14.5. The molecule has 5 N–H and O–H groups in total. The van der Waals surface area contributed by atoms with Gasteiger partial charge in [-0.1, -0.05) is 0 Å². The zero-order valence-electron chi connectivity index (χ0n) is 11.9. The topological polar surface area (TPSA) is 116 Å². The Balaban J connectivity index is 2.58. The number of hydrogen-bond donors (Lipinski definition) is 3. The highest BCUT2D eigenvalue weighted by molar-refractivity contribution is 7.13. The van der Waals surface area contributed by atoms with E-state index in [1.165, 1.54) is 26.2 Å². The molecule has 1 aromatic heterocycles.